The highest BCUT2D eigenvalue weighted by Gasteiger charge is 2.22. The molecule has 0 atom stereocenters. The lowest BCUT2D eigenvalue weighted by Crippen LogP contribution is -2.48. The number of hydrogen-bond acceptors (Lipinski definition) is 5. The number of ether oxygens (including phenoxy) is 1. The minimum atomic E-state index is -0.553. The van der Waals surface area contributed by atoms with Crippen LogP contribution in [0.1, 0.15) is 58.9 Å². The van der Waals surface area contributed by atoms with E-state index in [1.54, 1.807) is 20.8 Å². The summed E-state index contributed by atoms with van der Waals surface area (Å²) in [5.74, 6) is -0.474. The van der Waals surface area contributed by atoms with Gasteiger partial charge in [-0.1, -0.05) is 18.5 Å². The van der Waals surface area contributed by atoms with Crippen molar-refractivity contribution in [1.82, 2.24) is 4.90 Å². The molecule has 2 rings (SSSR count). The molecule has 1 amide bonds. The highest BCUT2D eigenvalue weighted by atomic mass is 35.5. The van der Waals surface area contributed by atoms with E-state index in [2.05, 4.69) is 17.9 Å². The predicted octanol–water partition coefficient (Wildman–Crippen LogP) is 4.02. The molecule has 6 nitrogen and oxygen atoms in total. The number of amides is 1. The molecule has 7 heteroatoms. The van der Waals surface area contributed by atoms with Crippen LogP contribution in [0, 0.1) is 0 Å². The lowest BCUT2D eigenvalue weighted by atomic mass is 10.1. The summed E-state index contributed by atoms with van der Waals surface area (Å²) < 4.78 is 5.20. The highest BCUT2D eigenvalue weighted by molar-refractivity contribution is 6.31. The fraction of sp³-hybridized carbons (Fsp3) is 0.609. The number of carbonyl (C=O) groups excluding carboxylic acids is 3. The molecule has 1 fully saturated rings. The van der Waals surface area contributed by atoms with E-state index in [1.165, 1.54) is 0 Å². The number of ketones is 1. The van der Waals surface area contributed by atoms with Crippen LogP contribution in [0.5, 0.6) is 0 Å². The number of halogens is 1. The average molecular weight is 437 g/mol. The Bertz CT molecular complexity index is 765. The molecule has 0 saturated carbocycles. The Hall–Kier alpha value is -2.08. The number of aryl methyl sites for hydroxylation is 1. The average Bonchev–Trinajstić information content (AvgIpc) is 2.69. The molecule has 1 aliphatic rings. The van der Waals surface area contributed by atoms with Crippen molar-refractivity contribution in [2.75, 3.05) is 31.1 Å². The molecule has 1 aromatic carbocycles. The molecule has 0 aromatic heterocycles. The third-order valence-electron chi connectivity index (χ3n) is 5.05. The van der Waals surface area contributed by atoms with Crippen LogP contribution in [0.15, 0.2) is 18.2 Å². The topological polar surface area (TPSA) is 66.9 Å². The van der Waals surface area contributed by atoms with Gasteiger partial charge >= 0.3 is 5.97 Å². The SMILES string of the molecule is CCc1cc(N2CCN(C(=O)CCC(=O)CCC(=O)OC(C)(C)C)CC2)ccc1Cl. The third kappa shape index (κ3) is 7.63. The Morgan fingerprint density at radius 1 is 1.00 bits per heavy atom. The number of rotatable bonds is 8. The number of esters is 1. The van der Waals surface area contributed by atoms with E-state index < -0.39 is 5.60 Å². The van der Waals surface area contributed by atoms with Crippen molar-refractivity contribution in [2.24, 2.45) is 0 Å². The van der Waals surface area contributed by atoms with Gasteiger partial charge in [0.1, 0.15) is 11.4 Å². The van der Waals surface area contributed by atoms with E-state index in [-0.39, 0.29) is 43.3 Å². The van der Waals surface area contributed by atoms with Crippen molar-refractivity contribution in [2.45, 2.75) is 65.4 Å². The second-order valence-electron chi connectivity index (χ2n) is 8.62. The Morgan fingerprint density at radius 2 is 1.63 bits per heavy atom. The van der Waals surface area contributed by atoms with E-state index in [0.29, 0.717) is 13.1 Å². The fourth-order valence-electron chi connectivity index (χ4n) is 3.41. The number of nitrogens with zero attached hydrogens (tertiary/aromatic N) is 2. The third-order valence-corrected chi connectivity index (χ3v) is 5.42. The van der Waals surface area contributed by atoms with Gasteiger partial charge in [-0.25, -0.2) is 0 Å². The number of anilines is 1. The molecule has 0 radical (unpaired) electrons. The van der Waals surface area contributed by atoms with Gasteiger partial charge < -0.3 is 14.5 Å². The summed E-state index contributed by atoms with van der Waals surface area (Å²) in [6.07, 6.45) is 1.41. The maximum absolute atomic E-state index is 12.5. The number of carbonyl (C=O) groups is 3. The Kier molecular flexibility index (Phi) is 8.71. The van der Waals surface area contributed by atoms with Gasteiger partial charge in [0.05, 0.1) is 6.42 Å². The molecule has 30 heavy (non-hydrogen) atoms. The van der Waals surface area contributed by atoms with Crippen LogP contribution >= 0.6 is 11.6 Å². The van der Waals surface area contributed by atoms with Gasteiger partial charge in [-0.2, -0.15) is 0 Å². The van der Waals surface area contributed by atoms with Crippen LogP contribution in [0.2, 0.25) is 5.02 Å². The van der Waals surface area contributed by atoms with Crippen LogP contribution < -0.4 is 4.90 Å². The van der Waals surface area contributed by atoms with Crippen molar-refractivity contribution in [3.05, 3.63) is 28.8 Å². The summed E-state index contributed by atoms with van der Waals surface area (Å²) in [5, 5.41) is 0.784. The molecule has 1 aliphatic heterocycles. The quantitative estimate of drug-likeness (QED) is 0.576. The van der Waals surface area contributed by atoms with Gasteiger partial charge in [-0.3, -0.25) is 14.4 Å². The maximum Gasteiger partial charge on any atom is 0.306 e. The summed E-state index contributed by atoms with van der Waals surface area (Å²) in [6, 6.07) is 6.06. The smallest absolute Gasteiger partial charge is 0.306 e. The first-order valence-corrected chi connectivity index (χ1v) is 11.0. The van der Waals surface area contributed by atoms with Crippen LogP contribution in [-0.4, -0.2) is 54.3 Å². The Morgan fingerprint density at radius 3 is 2.23 bits per heavy atom. The zero-order valence-electron chi connectivity index (χ0n) is 18.5. The van der Waals surface area contributed by atoms with Crippen molar-refractivity contribution >= 4 is 34.9 Å². The molecule has 0 N–H and O–H groups in total. The molecule has 1 aromatic rings. The molecule has 0 unspecified atom stereocenters. The van der Waals surface area contributed by atoms with E-state index in [1.807, 2.05) is 17.0 Å². The van der Waals surface area contributed by atoms with E-state index in [4.69, 9.17) is 16.3 Å². The first kappa shape index (κ1) is 24.2. The predicted molar refractivity (Wildman–Crippen MR) is 119 cm³/mol. The fourth-order valence-corrected chi connectivity index (χ4v) is 3.66. The molecule has 0 spiro atoms. The van der Waals surface area contributed by atoms with Crippen molar-refractivity contribution in [1.29, 1.82) is 0 Å². The molecule has 1 heterocycles. The molecule has 0 aliphatic carbocycles. The number of hydrogen-bond donors (Lipinski definition) is 0. The number of piperazine rings is 1. The van der Waals surface area contributed by atoms with E-state index in [9.17, 15) is 14.4 Å². The van der Waals surface area contributed by atoms with Crippen LogP contribution in [-0.2, 0) is 25.5 Å². The van der Waals surface area contributed by atoms with Crippen LogP contribution in [0.25, 0.3) is 0 Å². The monoisotopic (exact) mass is 436 g/mol. The zero-order chi connectivity index (χ0) is 22.3. The van der Waals surface area contributed by atoms with Gasteiger partial charge in [-0.05, 0) is 51.0 Å². The summed E-state index contributed by atoms with van der Waals surface area (Å²) >= 11 is 6.20. The first-order chi connectivity index (χ1) is 14.1. The largest absolute Gasteiger partial charge is 0.460 e. The summed E-state index contributed by atoms with van der Waals surface area (Å²) in [4.78, 5) is 40.3. The molecular weight excluding hydrogens is 404 g/mol. The highest BCUT2D eigenvalue weighted by Crippen LogP contribution is 2.24. The van der Waals surface area contributed by atoms with Crippen molar-refractivity contribution in [3.8, 4) is 0 Å². The molecule has 0 bridgehead atoms. The van der Waals surface area contributed by atoms with Gasteiger partial charge in [0, 0.05) is 56.2 Å². The van der Waals surface area contributed by atoms with Gasteiger partial charge in [-0.15, -0.1) is 0 Å². The Labute approximate surface area is 184 Å². The van der Waals surface area contributed by atoms with Crippen LogP contribution in [0.4, 0.5) is 5.69 Å². The van der Waals surface area contributed by atoms with E-state index in [0.717, 1.165) is 35.8 Å². The Balaban J connectivity index is 1.72. The van der Waals surface area contributed by atoms with E-state index >= 15 is 0 Å². The van der Waals surface area contributed by atoms with Gasteiger partial charge in [0.15, 0.2) is 0 Å². The molecule has 1 saturated heterocycles. The summed E-state index contributed by atoms with van der Waals surface area (Å²) in [7, 11) is 0. The van der Waals surface area contributed by atoms with Gasteiger partial charge in [0.2, 0.25) is 5.91 Å². The minimum absolute atomic E-state index is 0.00868. The first-order valence-electron chi connectivity index (χ1n) is 10.6. The second-order valence-corrected chi connectivity index (χ2v) is 9.03. The van der Waals surface area contributed by atoms with Crippen molar-refractivity contribution in [3.63, 3.8) is 0 Å². The lowest BCUT2D eigenvalue weighted by Gasteiger charge is -2.36. The number of benzene rings is 1. The van der Waals surface area contributed by atoms with Crippen LogP contribution in [0.3, 0.4) is 0 Å². The second kappa shape index (κ2) is 10.8. The van der Waals surface area contributed by atoms with Gasteiger partial charge in [0.25, 0.3) is 0 Å². The standard InChI is InChI=1S/C23H33ClN2O4/c1-5-17-16-18(6-9-20(17)24)25-12-14-26(15-13-25)21(28)10-7-19(27)8-11-22(29)30-23(2,3)4/h6,9,16H,5,7-8,10-15H2,1-4H3. The van der Waals surface area contributed by atoms with Crippen molar-refractivity contribution < 1.29 is 19.1 Å². The summed E-state index contributed by atoms with van der Waals surface area (Å²) in [6.45, 7) is 10.2. The number of Topliss-reactive ketones (excluding diaryl/α,β-unsaturated/α-hetero) is 1. The zero-order valence-corrected chi connectivity index (χ0v) is 19.3. The maximum atomic E-state index is 12.5. The molecular formula is C23H33ClN2O4. The lowest BCUT2D eigenvalue weighted by molar-refractivity contribution is -0.155. The summed E-state index contributed by atoms with van der Waals surface area (Å²) in [5.41, 5.74) is 1.70. The minimum Gasteiger partial charge on any atom is -0.460 e. The molecule has 166 valence electrons. The normalized spacial score (nSPS) is 14.6.